The molecule has 0 aromatic carbocycles. The molecule has 2 aromatic rings. The third kappa shape index (κ3) is 1.98. The quantitative estimate of drug-likeness (QED) is 0.905. The van der Waals surface area contributed by atoms with E-state index in [1.165, 1.54) is 43.4 Å². The molecular formula is C16H24N4. The van der Waals surface area contributed by atoms with Crippen LogP contribution >= 0.6 is 0 Å². The van der Waals surface area contributed by atoms with E-state index in [2.05, 4.69) is 35.3 Å². The van der Waals surface area contributed by atoms with Gasteiger partial charge in [0.15, 0.2) is 0 Å². The van der Waals surface area contributed by atoms with Gasteiger partial charge < -0.3 is 10.3 Å². The third-order valence-corrected chi connectivity index (χ3v) is 5.10. The summed E-state index contributed by atoms with van der Waals surface area (Å²) in [6.45, 7) is 6.64. The molecule has 1 fully saturated rings. The van der Waals surface area contributed by atoms with E-state index in [1.807, 2.05) is 0 Å². The van der Waals surface area contributed by atoms with Crippen LogP contribution in [0.5, 0.6) is 0 Å². The van der Waals surface area contributed by atoms with Crippen molar-refractivity contribution in [3.05, 3.63) is 17.6 Å². The highest BCUT2D eigenvalue weighted by atomic mass is 15.1. The zero-order chi connectivity index (χ0) is 14.3. The Morgan fingerprint density at radius 1 is 1.20 bits per heavy atom. The van der Waals surface area contributed by atoms with E-state index in [1.54, 1.807) is 6.33 Å². The van der Waals surface area contributed by atoms with E-state index in [9.17, 15) is 0 Å². The Kier molecular flexibility index (Phi) is 3.40. The van der Waals surface area contributed by atoms with E-state index in [-0.39, 0.29) is 0 Å². The average molecular weight is 272 g/mol. The lowest BCUT2D eigenvalue weighted by Gasteiger charge is -2.30. The number of fused-ring (bicyclic) bond motifs is 1. The van der Waals surface area contributed by atoms with Crippen LogP contribution in [-0.4, -0.2) is 14.5 Å². The fourth-order valence-corrected chi connectivity index (χ4v) is 3.78. The molecule has 4 heteroatoms. The van der Waals surface area contributed by atoms with Crippen molar-refractivity contribution in [2.75, 3.05) is 5.73 Å². The Balaban J connectivity index is 2.11. The Labute approximate surface area is 120 Å². The first-order chi connectivity index (χ1) is 9.61. The van der Waals surface area contributed by atoms with Crippen molar-refractivity contribution in [2.24, 2.45) is 5.92 Å². The van der Waals surface area contributed by atoms with Crippen molar-refractivity contribution in [2.45, 2.75) is 58.9 Å². The fraction of sp³-hybridized carbons (Fsp3) is 0.625. The number of hydrogen-bond donors (Lipinski definition) is 1. The lowest BCUT2D eigenvalue weighted by molar-refractivity contribution is 0.265. The molecule has 1 aliphatic carbocycles. The zero-order valence-electron chi connectivity index (χ0n) is 12.7. The number of rotatable bonds is 2. The van der Waals surface area contributed by atoms with Crippen LogP contribution in [-0.2, 0) is 0 Å². The number of aryl methyl sites for hydroxylation is 1. The monoisotopic (exact) mass is 272 g/mol. The van der Waals surface area contributed by atoms with E-state index >= 15 is 0 Å². The molecule has 20 heavy (non-hydrogen) atoms. The number of nitrogen functional groups attached to an aromatic ring is 1. The number of nitrogens with zero attached hydrogens (tertiary/aromatic N) is 3. The fourth-order valence-electron chi connectivity index (χ4n) is 3.78. The predicted octanol–water partition coefficient (Wildman–Crippen LogP) is 3.77. The van der Waals surface area contributed by atoms with Crippen LogP contribution in [0.1, 0.15) is 56.3 Å². The van der Waals surface area contributed by atoms with Crippen molar-refractivity contribution in [3.8, 4) is 0 Å². The number of aromatic nitrogens is 3. The van der Waals surface area contributed by atoms with Crippen molar-refractivity contribution in [1.29, 1.82) is 0 Å². The molecule has 1 aliphatic rings. The SMILES string of the molecule is Cc1c(C)n(C(C)C2CCCCC2)c2ncnc(N)c12. The molecule has 3 rings (SSSR count). The Hall–Kier alpha value is -1.58. The summed E-state index contributed by atoms with van der Waals surface area (Å²) in [5.74, 6) is 1.36. The van der Waals surface area contributed by atoms with Crippen LogP contribution in [0, 0.1) is 19.8 Å². The minimum atomic E-state index is 0.487. The van der Waals surface area contributed by atoms with E-state index in [4.69, 9.17) is 5.73 Å². The molecule has 0 aliphatic heterocycles. The minimum absolute atomic E-state index is 0.487. The van der Waals surface area contributed by atoms with E-state index in [0.29, 0.717) is 11.9 Å². The second-order valence-electron chi connectivity index (χ2n) is 6.18. The number of anilines is 1. The maximum Gasteiger partial charge on any atom is 0.146 e. The molecule has 1 unspecified atom stereocenters. The van der Waals surface area contributed by atoms with Gasteiger partial charge in [-0.1, -0.05) is 19.3 Å². The topological polar surface area (TPSA) is 56.7 Å². The summed E-state index contributed by atoms with van der Waals surface area (Å²) in [5, 5.41) is 1.03. The first kappa shape index (κ1) is 13.4. The summed E-state index contributed by atoms with van der Waals surface area (Å²) in [7, 11) is 0. The zero-order valence-corrected chi connectivity index (χ0v) is 12.7. The van der Waals surface area contributed by atoms with Crippen LogP contribution in [0.15, 0.2) is 6.33 Å². The molecule has 1 atom stereocenters. The summed E-state index contributed by atoms with van der Waals surface area (Å²) in [4.78, 5) is 8.66. The Morgan fingerprint density at radius 3 is 2.60 bits per heavy atom. The predicted molar refractivity (Wildman–Crippen MR) is 82.7 cm³/mol. The van der Waals surface area contributed by atoms with Gasteiger partial charge in [-0.25, -0.2) is 9.97 Å². The van der Waals surface area contributed by atoms with Gasteiger partial charge in [0.25, 0.3) is 0 Å². The third-order valence-electron chi connectivity index (χ3n) is 5.10. The lowest BCUT2D eigenvalue weighted by Crippen LogP contribution is -2.20. The van der Waals surface area contributed by atoms with Gasteiger partial charge in [-0.2, -0.15) is 0 Å². The maximum absolute atomic E-state index is 6.05. The molecule has 108 valence electrons. The van der Waals surface area contributed by atoms with Gasteiger partial charge in [0, 0.05) is 11.7 Å². The van der Waals surface area contributed by atoms with Crippen molar-refractivity contribution >= 4 is 16.9 Å². The van der Waals surface area contributed by atoms with Crippen LogP contribution in [0.3, 0.4) is 0 Å². The normalized spacial score (nSPS) is 18.6. The number of nitrogens with two attached hydrogens (primary N) is 1. The van der Waals surface area contributed by atoms with Crippen molar-refractivity contribution in [3.63, 3.8) is 0 Å². The summed E-state index contributed by atoms with van der Waals surface area (Å²) >= 11 is 0. The first-order valence-corrected chi connectivity index (χ1v) is 7.68. The standard InChI is InChI=1S/C16H24N4/c1-10-11(2)20(12(3)13-7-5-4-6-8-13)16-14(10)15(17)18-9-19-16/h9,12-13H,4-8H2,1-3H3,(H2,17,18,19). The average Bonchev–Trinajstić information content (AvgIpc) is 2.72. The molecule has 0 bridgehead atoms. The van der Waals surface area contributed by atoms with Gasteiger partial charge >= 0.3 is 0 Å². The second kappa shape index (κ2) is 5.08. The van der Waals surface area contributed by atoms with Crippen molar-refractivity contribution < 1.29 is 0 Å². The highest BCUT2D eigenvalue weighted by Gasteiger charge is 2.25. The van der Waals surface area contributed by atoms with E-state index < -0.39 is 0 Å². The second-order valence-corrected chi connectivity index (χ2v) is 6.18. The highest BCUT2D eigenvalue weighted by molar-refractivity contribution is 5.90. The summed E-state index contributed by atoms with van der Waals surface area (Å²) in [6.07, 6.45) is 8.37. The van der Waals surface area contributed by atoms with Crippen LogP contribution in [0.4, 0.5) is 5.82 Å². The van der Waals surface area contributed by atoms with Gasteiger partial charge in [0.1, 0.15) is 17.8 Å². The molecule has 1 saturated carbocycles. The molecule has 0 spiro atoms. The maximum atomic E-state index is 6.05. The highest BCUT2D eigenvalue weighted by Crippen LogP contribution is 2.37. The minimum Gasteiger partial charge on any atom is -0.383 e. The van der Waals surface area contributed by atoms with Crippen molar-refractivity contribution in [1.82, 2.24) is 14.5 Å². The molecule has 0 saturated heterocycles. The smallest absolute Gasteiger partial charge is 0.146 e. The molecule has 2 heterocycles. The summed E-state index contributed by atoms with van der Waals surface area (Å²) < 4.78 is 2.39. The Bertz CT molecular complexity index is 623. The largest absolute Gasteiger partial charge is 0.383 e. The van der Waals surface area contributed by atoms with Crippen LogP contribution in [0.2, 0.25) is 0 Å². The van der Waals surface area contributed by atoms with E-state index in [0.717, 1.165) is 17.0 Å². The molecular weight excluding hydrogens is 248 g/mol. The van der Waals surface area contributed by atoms with Gasteiger partial charge in [-0.15, -0.1) is 0 Å². The summed E-state index contributed by atoms with van der Waals surface area (Å²) in [6, 6.07) is 0.487. The lowest BCUT2D eigenvalue weighted by atomic mass is 9.84. The van der Waals surface area contributed by atoms with Gasteiger partial charge in [-0.05, 0) is 45.1 Å². The molecule has 2 N–H and O–H groups in total. The first-order valence-electron chi connectivity index (χ1n) is 7.68. The number of hydrogen-bond acceptors (Lipinski definition) is 3. The Morgan fingerprint density at radius 2 is 1.90 bits per heavy atom. The van der Waals surface area contributed by atoms with Crippen LogP contribution < -0.4 is 5.73 Å². The van der Waals surface area contributed by atoms with Gasteiger partial charge in [0.05, 0.1) is 5.39 Å². The summed E-state index contributed by atoms with van der Waals surface area (Å²) in [5.41, 5.74) is 9.56. The molecule has 0 radical (unpaired) electrons. The molecule has 0 amide bonds. The van der Waals surface area contributed by atoms with Gasteiger partial charge in [-0.3, -0.25) is 0 Å². The van der Waals surface area contributed by atoms with Crippen LogP contribution in [0.25, 0.3) is 11.0 Å². The molecule has 2 aromatic heterocycles. The molecule has 4 nitrogen and oxygen atoms in total. The van der Waals surface area contributed by atoms with Gasteiger partial charge in [0.2, 0.25) is 0 Å².